The van der Waals surface area contributed by atoms with Gasteiger partial charge in [-0.05, 0) is 55.4 Å². The molecule has 4 rings (SSSR count). The molecule has 29 heavy (non-hydrogen) atoms. The van der Waals surface area contributed by atoms with Crippen LogP contribution in [0.4, 0.5) is 0 Å². The first kappa shape index (κ1) is 19.4. The molecule has 0 aliphatic carbocycles. The fourth-order valence-corrected chi connectivity index (χ4v) is 4.20. The lowest BCUT2D eigenvalue weighted by Gasteiger charge is -2.32. The van der Waals surface area contributed by atoms with E-state index in [1.54, 1.807) is 0 Å². The number of likely N-dealkylation sites (tertiary alicyclic amines) is 1. The van der Waals surface area contributed by atoms with Gasteiger partial charge in [0.1, 0.15) is 0 Å². The molecule has 4 heteroatoms. The predicted molar refractivity (Wildman–Crippen MR) is 117 cm³/mol. The Morgan fingerprint density at radius 1 is 0.966 bits per heavy atom. The van der Waals surface area contributed by atoms with Gasteiger partial charge in [-0.1, -0.05) is 54.6 Å². The Kier molecular flexibility index (Phi) is 5.79. The van der Waals surface area contributed by atoms with Crippen LogP contribution in [0.25, 0.3) is 11.1 Å². The number of amides is 1. The smallest absolute Gasteiger partial charge is 0.226 e. The second-order valence-electron chi connectivity index (χ2n) is 8.17. The van der Waals surface area contributed by atoms with Crippen molar-refractivity contribution in [3.05, 3.63) is 77.6 Å². The number of hydrogen-bond donors (Lipinski definition) is 0. The molecular weight excluding hydrogens is 358 g/mol. The Labute approximate surface area is 173 Å². The van der Waals surface area contributed by atoms with Crippen LogP contribution in [0.5, 0.6) is 0 Å². The van der Waals surface area contributed by atoms with Gasteiger partial charge in [0, 0.05) is 25.3 Å². The lowest BCUT2D eigenvalue weighted by atomic mass is 9.96. The first-order chi connectivity index (χ1) is 14.1. The van der Waals surface area contributed by atoms with Gasteiger partial charge in [-0.3, -0.25) is 9.48 Å². The Morgan fingerprint density at radius 2 is 1.62 bits per heavy atom. The van der Waals surface area contributed by atoms with Gasteiger partial charge in [-0.2, -0.15) is 5.10 Å². The maximum atomic E-state index is 12.8. The third kappa shape index (κ3) is 4.76. The monoisotopic (exact) mass is 387 g/mol. The SMILES string of the molecule is Cc1cc(C)n(CC2CCN(C(=O)Cc3ccc(-c4ccccc4)cc3)CC2)n1. The molecule has 1 fully saturated rings. The Bertz CT molecular complexity index is 951. The van der Waals surface area contributed by atoms with Crippen LogP contribution in [0, 0.1) is 19.8 Å². The number of rotatable bonds is 5. The first-order valence-electron chi connectivity index (χ1n) is 10.5. The van der Waals surface area contributed by atoms with Crippen LogP contribution in [0.2, 0.25) is 0 Å². The van der Waals surface area contributed by atoms with Crippen molar-refractivity contribution in [3.63, 3.8) is 0 Å². The molecule has 3 aromatic rings. The van der Waals surface area contributed by atoms with Gasteiger partial charge in [0.2, 0.25) is 5.91 Å². The summed E-state index contributed by atoms with van der Waals surface area (Å²) in [6.07, 6.45) is 2.59. The van der Waals surface area contributed by atoms with E-state index in [4.69, 9.17) is 0 Å². The Morgan fingerprint density at radius 3 is 2.24 bits per heavy atom. The van der Waals surface area contributed by atoms with Crippen LogP contribution in [0.15, 0.2) is 60.7 Å². The zero-order valence-electron chi connectivity index (χ0n) is 17.3. The molecule has 150 valence electrons. The number of carbonyl (C=O) groups excluding carboxylic acids is 1. The second kappa shape index (κ2) is 8.64. The van der Waals surface area contributed by atoms with E-state index in [0.29, 0.717) is 12.3 Å². The van der Waals surface area contributed by atoms with Crippen LogP contribution in [-0.4, -0.2) is 33.7 Å². The maximum absolute atomic E-state index is 12.8. The molecule has 0 N–H and O–H groups in total. The number of piperidine rings is 1. The molecule has 0 saturated carbocycles. The van der Waals surface area contributed by atoms with Gasteiger partial charge in [0.15, 0.2) is 0 Å². The maximum Gasteiger partial charge on any atom is 0.226 e. The zero-order valence-corrected chi connectivity index (χ0v) is 17.3. The molecule has 1 aliphatic rings. The van der Waals surface area contributed by atoms with E-state index in [-0.39, 0.29) is 5.91 Å². The number of carbonyl (C=O) groups is 1. The van der Waals surface area contributed by atoms with E-state index in [1.165, 1.54) is 16.8 Å². The topological polar surface area (TPSA) is 38.1 Å². The summed E-state index contributed by atoms with van der Waals surface area (Å²) >= 11 is 0. The van der Waals surface area contributed by atoms with Crippen molar-refractivity contribution in [3.8, 4) is 11.1 Å². The van der Waals surface area contributed by atoms with Crippen molar-refractivity contribution < 1.29 is 4.79 Å². The van der Waals surface area contributed by atoms with E-state index in [9.17, 15) is 4.79 Å². The quantitative estimate of drug-likeness (QED) is 0.639. The van der Waals surface area contributed by atoms with Gasteiger partial charge in [-0.25, -0.2) is 0 Å². The summed E-state index contributed by atoms with van der Waals surface area (Å²) in [6, 6.07) is 20.8. The van der Waals surface area contributed by atoms with Crippen LogP contribution >= 0.6 is 0 Å². The molecule has 0 bridgehead atoms. The van der Waals surface area contributed by atoms with Crippen molar-refractivity contribution in [2.45, 2.75) is 39.7 Å². The molecule has 0 radical (unpaired) electrons. The molecule has 2 aromatic carbocycles. The molecule has 2 heterocycles. The predicted octanol–water partition coefficient (Wildman–Crippen LogP) is 4.65. The van der Waals surface area contributed by atoms with Crippen molar-refractivity contribution >= 4 is 5.91 Å². The fraction of sp³-hybridized carbons (Fsp3) is 0.360. The van der Waals surface area contributed by atoms with Crippen LogP contribution < -0.4 is 0 Å². The number of aromatic nitrogens is 2. The van der Waals surface area contributed by atoms with E-state index < -0.39 is 0 Å². The number of benzene rings is 2. The molecular formula is C25H29N3O. The second-order valence-corrected chi connectivity index (χ2v) is 8.17. The highest BCUT2D eigenvalue weighted by atomic mass is 16.2. The molecule has 0 atom stereocenters. The van der Waals surface area contributed by atoms with E-state index in [0.717, 1.165) is 43.7 Å². The third-order valence-electron chi connectivity index (χ3n) is 5.92. The average Bonchev–Trinajstić information content (AvgIpc) is 3.06. The van der Waals surface area contributed by atoms with E-state index in [2.05, 4.69) is 59.2 Å². The van der Waals surface area contributed by atoms with Crippen LogP contribution in [0.1, 0.15) is 29.8 Å². The molecule has 1 saturated heterocycles. The molecule has 4 nitrogen and oxygen atoms in total. The minimum absolute atomic E-state index is 0.238. The summed E-state index contributed by atoms with van der Waals surface area (Å²) in [6.45, 7) is 6.82. The van der Waals surface area contributed by atoms with Crippen LogP contribution in [0.3, 0.4) is 0 Å². The summed E-state index contributed by atoms with van der Waals surface area (Å²) in [7, 11) is 0. The number of hydrogen-bond acceptors (Lipinski definition) is 2. The highest BCUT2D eigenvalue weighted by Crippen LogP contribution is 2.22. The molecule has 0 unspecified atom stereocenters. The van der Waals surface area contributed by atoms with Crippen molar-refractivity contribution in [2.75, 3.05) is 13.1 Å². The summed E-state index contributed by atoms with van der Waals surface area (Å²) in [5.41, 5.74) is 5.77. The molecule has 1 aliphatic heterocycles. The lowest BCUT2D eigenvalue weighted by molar-refractivity contribution is -0.131. The third-order valence-corrected chi connectivity index (χ3v) is 5.92. The summed E-state index contributed by atoms with van der Waals surface area (Å²) < 4.78 is 2.12. The Hall–Kier alpha value is -2.88. The van der Waals surface area contributed by atoms with E-state index >= 15 is 0 Å². The minimum atomic E-state index is 0.238. The fourth-order valence-electron chi connectivity index (χ4n) is 4.20. The number of aryl methyl sites for hydroxylation is 2. The van der Waals surface area contributed by atoms with Crippen LogP contribution in [-0.2, 0) is 17.8 Å². The number of nitrogens with zero attached hydrogens (tertiary/aromatic N) is 3. The van der Waals surface area contributed by atoms with Crippen molar-refractivity contribution in [2.24, 2.45) is 5.92 Å². The highest BCUT2D eigenvalue weighted by Gasteiger charge is 2.23. The minimum Gasteiger partial charge on any atom is -0.342 e. The largest absolute Gasteiger partial charge is 0.342 e. The normalized spacial score (nSPS) is 14.9. The summed E-state index contributed by atoms with van der Waals surface area (Å²) in [4.78, 5) is 14.8. The van der Waals surface area contributed by atoms with Crippen molar-refractivity contribution in [1.29, 1.82) is 0 Å². The van der Waals surface area contributed by atoms with E-state index in [1.807, 2.05) is 30.0 Å². The van der Waals surface area contributed by atoms with Gasteiger partial charge < -0.3 is 4.90 Å². The van der Waals surface area contributed by atoms with Gasteiger partial charge in [0.25, 0.3) is 0 Å². The average molecular weight is 388 g/mol. The first-order valence-corrected chi connectivity index (χ1v) is 10.5. The molecule has 1 aromatic heterocycles. The molecule has 0 spiro atoms. The standard InChI is InChI=1S/C25H29N3O/c1-19-16-20(2)28(26-19)18-22-12-14-27(15-13-22)25(29)17-21-8-10-24(11-9-21)23-6-4-3-5-7-23/h3-11,16,22H,12-15,17-18H2,1-2H3. The van der Waals surface area contributed by atoms with Crippen molar-refractivity contribution in [1.82, 2.24) is 14.7 Å². The highest BCUT2D eigenvalue weighted by molar-refractivity contribution is 5.79. The van der Waals surface area contributed by atoms with Gasteiger partial charge in [-0.15, -0.1) is 0 Å². The molecule has 1 amide bonds. The van der Waals surface area contributed by atoms with Gasteiger partial charge in [0.05, 0.1) is 12.1 Å². The Balaban J connectivity index is 1.29. The zero-order chi connectivity index (χ0) is 20.2. The van der Waals surface area contributed by atoms with Gasteiger partial charge >= 0.3 is 0 Å². The summed E-state index contributed by atoms with van der Waals surface area (Å²) in [5.74, 6) is 0.837. The lowest BCUT2D eigenvalue weighted by Crippen LogP contribution is -2.40. The summed E-state index contributed by atoms with van der Waals surface area (Å²) in [5, 5.41) is 4.58.